The maximum atomic E-state index is 14.8. The Bertz CT molecular complexity index is 1030. The van der Waals surface area contributed by atoms with Crippen LogP contribution >= 0.6 is 0 Å². The monoisotopic (exact) mass is 487 g/mol. The van der Waals surface area contributed by atoms with Crippen LogP contribution in [0.4, 0.5) is 8.78 Å². The van der Waals surface area contributed by atoms with E-state index >= 15 is 0 Å². The number of nitrogens with one attached hydrogen (secondary N) is 2. The van der Waals surface area contributed by atoms with Crippen molar-refractivity contribution in [2.45, 2.75) is 82.8 Å². The van der Waals surface area contributed by atoms with Gasteiger partial charge in [-0.05, 0) is 55.4 Å². The molecule has 4 atom stereocenters. The fourth-order valence-corrected chi connectivity index (χ4v) is 4.97. The fourth-order valence-electron chi connectivity index (χ4n) is 4.97. The molecule has 0 saturated heterocycles. The number of aromatic nitrogens is 1. The van der Waals surface area contributed by atoms with E-state index in [-0.39, 0.29) is 35.8 Å². The molecule has 35 heavy (non-hydrogen) atoms. The van der Waals surface area contributed by atoms with Crippen LogP contribution < -0.4 is 15.4 Å². The van der Waals surface area contributed by atoms with Crippen LogP contribution in [-0.2, 0) is 11.2 Å². The molecule has 8 heteroatoms. The van der Waals surface area contributed by atoms with Crippen LogP contribution in [0.5, 0.6) is 5.88 Å². The van der Waals surface area contributed by atoms with E-state index in [0.717, 1.165) is 30.4 Å². The molecule has 2 aromatic rings. The largest absolute Gasteiger partial charge is 0.471 e. The molecule has 3 N–H and O–H groups in total. The molecule has 1 saturated carbocycles. The van der Waals surface area contributed by atoms with Crippen molar-refractivity contribution in [3.63, 3.8) is 0 Å². The van der Waals surface area contributed by atoms with Gasteiger partial charge in [0.25, 0.3) is 0 Å². The smallest absolute Gasteiger partial charge is 0.218 e. The highest BCUT2D eigenvalue weighted by atomic mass is 19.1. The summed E-state index contributed by atoms with van der Waals surface area (Å²) in [4.78, 5) is 16.3. The average Bonchev–Trinajstić information content (AvgIpc) is 2.80. The number of aliphatic hydroxyl groups excluding tert-OH is 1. The molecule has 0 radical (unpaired) electrons. The average molecular weight is 488 g/mol. The van der Waals surface area contributed by atoms with Crippen LogP contribution in [0.1, 0.15) is 75.4 Å². The minimum atomic E-state index is -1.13. The SMILES string of the molecule is CC(=O)N[C@@H](Cc1ccc(F)cc1)[C@H](O)CN[C@H]1CC2(CCC2)Oc2ncc([C@H](F)C(C)C)cc21. The Labute approximate surface area is 205 Å². The first kappa shape index (κ1) is 25.5. The summed E-state index contributed by atoms with van der Waals surface area (Å²) in [6.45, 7) is 5.28. The Balaban J connectivity index is 1.50. The summed E-state index contributed by atoms with van der Waals surface area (Å²) in [5.74, 6) is -0.239. The van der Waals surface area contributed by atoms with Gasteiger partial charge in [0, 0.05) is 43.3 Å². The lowest BCUT2D eigenvalue weighted by molar-refractivity contribution is -0.120. The number of hydrogen-bond donors (Lipinski definition) is 3. The molecule has 1 aliphatic heterocycles. The standard InChI is InChI=1S/C27H35F2N3O3/c1-16(2)25(29)19-12-21-23(13-27(9-4-10-27)35-26(21)31-14-19)30-15-24(34)22(32-17(3)33)11-18-5-7-20(28)8-6-18/h5-8,12,14,16,22-25,30,34H,4,9-11,13,15H2,1-3H3,(H,32,33)/t22-,23-,24+,25+/m0/s1. The van der Waals surface area contributed by atoms with Crippen molar-refractivity contribution >= 4 is 5.91 Å². The van der Waals surface area contributed by atoms with E-state index in [1.165, 1.54) is 19.1 Å². The Kier molecular flexibility index (Phi) is 7.71. The minimum Gasteiger partial charge on any atom is -0.471 e. The molecule has 4 rings (SSSR count). The third-order valence-electron chi connectivity index (χ3n) is 7.13. The summed E-state index contributed by atoms with van der Waals surface area (Å²) < 4.78 is 34.3. The van der Waals surface area contributed by atoms with Gasteiger partial charge in [0.05, 0.1) is 12.1 Å². The van der Waals surface area contributed by atoms with Crippen LogP contribution in [0.2, 0.25) is 0 Å². The van der Waals surface area contributed by atoms with E-state index in [2.05, 4.69) is 15.6 Å². The molecular formula is C27H35F2N3O3. The molecular weight excluding hydrogens is 452 g/mol. The van der Waals surface area contributed by atoms with Crippen molar-refractivity contribution in [1.29, 1.82) is 0 Å². The molecule has 1 aliphatic carbocycles. The van der Waals surface area contributed by atoms with Gasteiger partial charge in [0.15, 0.2) is 0 Å². The lowest BCUT2D eigenvalue weighted by Gasteiger charge is -2.47. The van der Waals surface area contributed by atoms with E-state index in [9.17, 15) is 18.7 Å². The third-order valence-corrected chi connectivity index (χ3v) is 7.13. The number of alkyl halides is 1. The first-order valence-electron chi connectivity index (χ1n) is 12.4. The van der Waals surface area contributed by atoms with E-state index in [0.29, 0.717) is 24.3 Å². The zero-order chi connectivity index (χ0) is 25.2. The highest BCUT2D eigenvalue weighted by Gasteiger charge is 2.46. The molecule has 0 unspecified atom stereocenters. The van der Waals surface area contributed by atoms with Crippen molar-refractivity contribution in [3.05, 3.63) is 59.0 Å². The fraction of sp³-hybridized carbons (Fsp3) is 0.556. The third kappa shape index (κ3) is 5.98. The van der Waals surface area contributed by atoms with Crippen molar-refractivity contribution < 1.29 is 23.4 Å². The maximum absolute atomic E-state index is 14.8. The number of benzene rings is 1. The van der Waals surface area contributed by atoms with Gasteiger partial charge in [-0.15, -0.1) is 0 Å². The van der Waals surface area contributed by atoms with Crippen LogP contribution in [0, 0.1) is 11.7 Å². The molecule has 0 bridgehead atoms. The predicted molar refractivity (Wildman–Crippen MR) is 129 cm³/mol. The zero-order valence-electron chi connectivity index (χ0n) is 20.6. The molecule has 1 aromatic carbocycles. The predicted octanol–water partition coefficient (Wildman–Crippen LogP) is 4.33. The quantitative estimate of drug-likeness (QED) is 0.490. The Morgan fingerprint density at radius 2 is 2.00 bits per heavy atom. The summed E-state index contributed by atoms with van der Waals surface area (Å²) in [6, 6.07) is 7.13. The number of aliphatic hydroxyl groups is 1. The molecule has 1 spiro atoms. The van der Waals surface area contributed by atoms with Crippen LogP contribution in [0.15, 0.2) is 36.5 Å². The van der Waals surface area contributed by atoms with Crippen LogP contribution in [0.25, 0.3) is 0 Å². The zero-order valence-corrected chi connectivity index (χ0v) is 20.6. The molecule has 6 nitrogen and oxygen atoms in total. The Morgan fingerprint density at radius 1 is 1.29 bits per heavy atom. The lowest BCUT2D eigenvalue weighted by atomic mass is 9.73. The van der Waals surface area contributed by atoms with E-state index < -0.39 is 18.3 Å². The first-order valence-corrected chi connectivity index (χ1v) is 12.4. The van der Waals surface area contributed by atoms with Gasteiger partial charge in [0.1, 0.15) is 17.6 Å². The Morgan fingerprint density at radius 3 is 2.60 bits per heavy atom. The lowest BCUT2D eigenvalue weighted by Crippen LogP contribution is -2.52. The molecule has 1 fully saturated rings. The second-order valence-electron chi connectivity index (χ2n) is 10.3. The van der Waals surface area contributed by atoms with Gasteiger partial charge in [-0.2, -0.15) is 0 Å². The van der Waals surface area contributed by atoms with Crippen molar-refractivity contribution in [2.24, 2.45) is 5.92 Å². The molecule has 2 heterocycles. The summed E-state index contributed by atoms with van der Waals surface area (Å²) in [7, 11) is 0. The number of hydrogen-bond acceptors (Lipinski definition) is 5. The van der Waals surface area contributed by atoms with Crippen LogP contribution in [-0.4, -0.2) is 40.3 Å². The van der Waals surface area contributed by atoms with E-state index in [4.69, 9.17) is 4.74 Å². The minimum absolute atomic E-state index is 0.163. The first-order chi connectivity index (χ1) is 16.7. The van der Waals surface area contributed by atoms with Gasteiger partial charge in [-0.1, -0.05) is 26.0 Å². The van der Waals surface area contributed by atoms with Crippen molar-refractivity contribution in [2.75, 3.05) is 6.54 Å². The maximum Gasteiger partial charge on any atom is 0.218 e. The molecule has 2 aliphatic rings. The normalized spacial score (nSPS) is 20.9. The molecule has 190 valence electrons. The molecule has 1 amide bonds. The van der Waals surface area contributed by atoms with E-state index in [1.807, 2.05) is 19.9 Å². The van der Waals surface area contributed by atoms with Crippen LogP contribution in [0.3, 0.4) is 0 Å². The highest BCUT2D eigenvalue weighted by Crippen LogP contribution is 2.48. The number of ether oxygens (including phenoxy) is 1. The second-order valence-corrected chi connectivity index (χ2v) is 10.3. The molecule has 1 aromatic heterocycles. The number of rotatable bonds is 9. The van der Waals surface area contributed by atoms with E-state index in [1.54, 1.807) is 18.3 Å². The number of amides is 1. The summed E-state index contributed by atoms with van der Waals surface area (Å²) in [6.07, 6.45) is 3.57. The van der Waals surface area contributed by atoms with Gasteiger partial charge < -0.3 is 20.5 Å². The number of halogens is 2. The van der Waals surface area contributed by atoms with Gasteiger partial charge in [-0.25, -0.2) is 13.8 Å². The van der Waals surface area contributed by atoms with Gasteiger partial charge >= 0.3 is 0 Å². The summed E-state index contributed by atoms with van der Waals surface area (Å²) in [5.41, 5.74) is 1.85. The van der Waals surface area contributed by atoms with Crippen molar-refractivity contribution in [3.8, 4) is 5.88 Å². The number of carbonyl (C=O) groups is 1. The van der Waals surface area contributed by atoms with Gasteiger partial charge in [0.2, 0.25) is 11.8 Å². The number of carbonyl (C=O) groups excluding carboxylic acids is 1. The topological polar surface area (TPSA) is 83.5 Å². The summed E-state index contributed by atoms with van der Waals surface area (Å²) in [5, 5.41) is 17.3. The Hall–Kier alpha value is -2.58. The highest BCUT2D eigenvalue weighted by molar-refractivity contribution is 5.73. The number of fused-ring (bicyclic) bond motifs is 1. The second kappa shape index (κ2) is 10.6. The summed E-state index contributed by atoms with van der Waals surface area (Å²) >= 11 is 0. The van der Waals surface area contributed by atoms with Gasteiger partial charge in [-0.3, -0.25) is 4.79 Å². The number of pyridine rings is 1. The number of nitrogens with zero attached hydrogens (tertiary/aromatic N) is 1. The van der Waals surface area contributed by atoms with Crippen molar-refractivity contribution in [1.82, 2.24) is 15.6 Å².